The number of H-pyrrole nitrogens is 1. The first-order chi connectivity index (χ1) is 5.13. The second-order valence-corrected chi connectivity index (χ2v) is 1.79. The van der Waals surface area contributed by atoms with Gasteiger partial charge in [-0.3, -0.25) is 20.6 Å². The summed E-state index contributed by atoms with van der Waals surface area (Å²) in [6, 6.07) is 0. The first kappa shape index (κ1) is 7.19. The molecule has 7 heteroatoms. The van der Waals surface area contributed by atoms with Crippen molar-refractivity contribution >= 4 is 11.5 Å². The fraction of sp³-hybridized carbons (Fsp3) is 0. The van der Waals surface area contributed by atoms with E-state index in [0.29, 0.717) is 0 Å². The van der Waals surface area contributed by atoms with Gasteiger partial charge < -0.3 is 5.73 Å². The van der Waals surface area contributed by atoms with Crippen LogP contribution in [0.2, 0.25) is 0 Å². The lowest BCUT2D eigenvalue weighted by Crippen LogP contribution is -2.13. The summed E-state index contributed by atoms with van der Waals surface area (Å²) in [6.07, 6.45) is 1.08. The SMILES string of the molecule is N=C(N)c1n[nH]cc1[N+](=O)[O-]. The molecule has 1 aromatic heterocycles. The van der Waals surface area contributed by atoms with Crippen molar-refractivity contribution in [2.75, 3.05) is 0 Å². The predicted molar refractivity (Wildman–Crippen MR) is 36.3 cm³/mol. The molecule has 0 aromatic carbocycles. The van der Waals surface area contributed by atoms with Gasteiger partial charge in [-0.2, -0.15) is 5.10 Å². The van der Waals surface area contributed by atoms with E-state index in [9.17, 15) is 10.1 Å². The highest BCUT2D eigenvalue weighted by atomic mass is 16.6. The van der Waals surface area contributed by atoms with Crippen LogP contribution in [0.5, 0.6) is 0 Å². The average molecular weight is 155 g/mol. The number of aromatic amines is 1. The van der Waals surface area contributed by atoms with E-state index in [-0.39, 0.29) is 11.4 Å². The number of rotatable bonds is 2. The normalized spacial score (nSPS) is 9.45. The van der Waals surface area contributed by atoms with E-state index in [0.717, 1.165) is 6.20 Å². The third kappa shape index (κ3) is 1.16. The number of nitrogen functional groups attached to an aromatic ring is 1. The van der Waals surface area contributed by atoms with Gasteiger partial charge in [-0.15, -0.1) is 0 Å². The van der Waals surface area contributed by atoms with Crippen molar-refractivity contribution in [2.24, 2.45) is 5.73 Å². The molecular weight excluding hydrogens is 150 g/mol. The monoisotopic (exact) mass is 155 g/mol. The van der Waals surface area contributed by atoms with Crippen LogP contribution in [0.25, 0.3) is 0 Å². The number of nitrogens with zero attached hydrogens (tertiary/aromatic N) is 2. The molecule has 0 aliphatic carbocycles. The van der Waals surface area contributed by atoms with Gasteiger partial charge in [0.2, 0.25) is 5.69 Å². The molecule has 0 unspecified atom stereocenters. The third-order valence-corrected chi connectivity index (χ3v) is 1.07. The van der Waals surface area contributed by atoms with Gasteiger partial charge in [0.05, 0.1) is 4.92 Å². The summed E-state index contributed by atoms with van der Waals surface area (Å²) >= 11 is 0. The van der Waals surface area contributed by atoms with Gasteiger partial charge in [0.15, 0.2) is 5.84 Å². The summed E-state index contributed by atoms with van der Waals surface area (Å²) < 4.78 is 0. The topological polar surface area (TPSA) is 122 Å². The standard InChI is InChI=1S/C4H5N5O2/c5-4(6)3-2(9(10)11)1-7-8-3/h1H,(H3,5,6)(H,7,8). The molecule has 7 nitrogen and oxygen atoms in total. The molecule has 58 valence electrons. The minimum atomic E-state index is -0.653. The van der Waals surface area contributed by atoms with Crippen molar-refractivity contribution in [3.05, 3.63) is 22.0 Å². The zero-order valence-corrected chi connectivity index (χ0v) is 5.37. The molecule has 0 radical (unpaired) electrons. The van der Waals surface area contributed by atoms with E-state index in [1.54, 1.807) is 0 Å². The second-order valence-electron chi connectivity index (χ2n) is 1.79. The molecule has 11 heavy (non-hydrogen) atoms. The minimum absolute atomic E-state index is 0.130. The molecule has 0 spiro atoms. The van der Waals surface area contributed by atoms with Crippen LogP contribution in [0.15, 0.2) is 6.20 Å². The molecule has 0 bridgehead atoms. The van der Waals surface area contributed by atoms with Gasteiger partial charge in [-0.25, -0.2) is 0 Å². The van der Waals surface area contributed by atoms with E-state index in [2.05, 4.69) is 10.2 Å². The quantitative estimate of drug-likeness (QED) is 0.233. The highest BCUT2D eigenvalue weighted by Crippen LogP contribution is 2.12. The maximum atomic E-state index is 10.2. The van der Waals surface area contributed by atoms with Crippen LogP contribution in [0.1, 0.15) is 5.69 Å². The molecule has 0 fully saturated rings. The van der Waals surface area contributed by atoms with Crippen LogP contribution >= 0.6 is 0 Å². The van der Waals surface area contributed by atoms with E-state index < -0.39 is 10.8 Å². The Labute approximate surface area is 60.9 Å². The Morgan fingerprint density at radius 3 is 2.91 bits per heavy atom. The number of aromatic nitrogens is 2. The van der Waals surface area contributed by atoms with Crippen molar-refractivity contribution in [1.82, 2.24) is 10.2 Å². The summed E-state index contributed by atoms with van der Waals surface area (Å²) in [5.41, 5.74) is 4.58. The van der Waals surface area contributed by atoms with Gasteiger partial charge >= 0.3 is 5.69 Å². The van der Waals surface area contributed by atoms with E-state index in [1.165, 1.54) is 0 Å². The fourth-order valence-corrected chi connectivity index (χ4v) is 0.621. The number of nitrogens with one attached hydrogen (secondary N) is 2. The number of nitro groups is 1. The van der Waals surface area contributed by atoms with Crippen LogP contribution in [0, 0.1) is 15.5 Å². The second kappa shape index (κ2) is 2.37. The molecule has 0 saturated carbocycles. The zero-order chi connectivity index (χ0) is 8.43. The Kier molecular flexibility index (Phi) is 1.55. The number of amidine groups is 1. The predicted octanol–water partition coefficient (Wildman–Crippen LogP) is -0.398. The third-order valence-electron chi connectivity index (χ3n) is 1.07. The fourth-order valence-electron chi connectivity index (χ4n) is 0.621. The lowest BCUT2D eigenvalue weighted by atomic mass is 10.3. The molecule has 4 N–H and O–H groups in total. The molecule has 0 aliphatic heterocycles. The Bertz CT molecular complexity index is 275. The lowest BCUT2D eigenvalue weighted by molar-refractivity contribution is -0.385. The van der Waals surface area contributed by atoms with Crippen molar-refractivity contribution in [1.29, 1.82) is 5.41 Å². The van der Waals surface area contributed by atoms with Crippen LogP contribution in [0.3, 0.4) is 0 Å². The number of hydrogen-bond donors (Lipinski definition) is 3. The summed E-state index contributed by atoms with van der Waals surface area (Å²) in [5, 5.41) is 22.7. The van der Waals surface area contributed by atoms with Crippen molar-refractivity contribution < 1.29 is 4.92 Å². The van der Waals surface area contributed by atoms with Gasteiger partial charge in [0.25, 0.3) is 0 Å². The van der Waals surface area contributed by atoms with E-state index in [4.69, 9.17) is 11.1 Å². The van der Waals surface area contributed by atoms with Gasteiger partial charge in [-0.1, -0.05) is 0 Å². The molecule has 0 aliphatic rings. The Balaban J connectivity index is 3.16. The number of hydrogen-bond acceptors (Lipinski definition) is 4. The highest BCUT2D eigenvalue weighted by molar-refractivity contribution is 5.96. The van der Waals surface area contributed by atoms with Crippen LogP contribution in [-0.4, -0.2) is 21.0 Å². The van der Waals surface area contributed by atoms with E-state index >= 15 is 0 Å². The zero-order valence-electron chi connectivity index (χ0n) is 5.37. The first-order valence-corrected chi connectivity index (χ1v) is 2.65. The first-order valence-electron chi connectivity index (χ1n) is 2.65. The molecule has 0 amide bonds. The van der Waals surface area contributed by atoms with Crippen molar-refractivity contribution in [2.45, 2.75) is 0 Å². The Morgan fingerprint density at radius 2 is 2.55 bits per heavy atom. The minimum Gasteiger partial charge on any atom is -0.382 e. The largest absolute Gasteiger partial charge is 0.382 e. The molecule has 1 heterocycles. The van der Waals surface area contributed by atoms with Gasteiger partial charge in [0, 0.05) is 0 Å². The summed E-state index contributed by atoms with van der Waals surface area (Å²) in [6.45, 7) is 0. The average Bonchev–Trinajstić information content (AvgIpc) is 2.32. The summed E-state index contributed by atoms with van der Waals surface area (Å²) in [7, 11) is 0. The molecular formula is C4H5N5O2. The summed E-state index contributed by atoms with van der Waals surface area (Å²) in [4.78, 5) is 9.53. The molecule has 1 rings (SSSR count). The Morgan fingerprint density at radius 1 is 1.91 bits per heavy atom. The van der Waals surface area contributed by atoms with Crippen LogP contribution in [0.4, 0.5) is 5.69 Å². The van der Waals surface area contributed by atoms with Crippen LogP contribution in [-0.2, 0) is 0 Å². The highest BCUT2D eigenvalue weighted by Gasteiger charge is 2.18. The Hall–Kier alpha value is -1.92. The number of nitrogens with two attached hydrogens (primary N) is 1. The smallest absolute Gasteiger partial charge is 0.317 e. The molecule has 1 aromatic rings. The molecule has 0 saturated heterocycles. The molecule has 0 atom stereocenters. The van der Waals surface area contributed by atoms with E-state index in [1.807, 2.05) is 0 Å². The van der Waals surface area contributed by atoms with Crippen molar-refractivity contribution in [3.8, 4) is 0 Å². The van der Waals surface area contributed by atoms with Crippen molar-refractivity contribution in [3.63, 3.8) is 0 Å². The summed E-state index contributed by atoms with van der Waals surface area (Å²) in [5.74, 6) is -0.419. The van der Waals surface area contributed by atoms with Gasteiger partial charge in [-0.05, 0) is 0 Å². The lowest BCUT2D eigenvalue weighted by Gasteiger charge is -1.88. The van der Waals surface area contributed by atoms with Gasteiger partial charge in [0.1, 0.15) is 6.20 Å². The maximum absolute atomic E-state index is 10.2. The maximum Gasteiger partial charge on any atom is 0.317 e. The van der Waals surface area contributed by atoms with Crippen LogP contribution < -0.4 is 5.73 Å².